The Balaban J connectivity index is 1.88. The van der Waals surface area contributed by atoms with E-state index in [1.54, 1.807) is 6.20 Å². The lowest BCUT2D eigenvalue weighted by Crippen LogP contribution is -1.94. The Labute approximate surface area is 112 Å². The number of rotatable bonds is 3. The van der Waals surface area contributed by atoms with Crippen LogP contribution in [0.25, 0.3) is 10.1 Å². The van der Waals surface area contributed by atoms with Crippen LogP contribution in [0, 0.1) is 0 Å². The molecule has 2 heterocycles. The van der Waals surface area contributed by atoms with Gasteiger partial charge in [-0.3, -0.25) is 0 Å². The van der Waals surface area contributed by atoms with Crippen molar-refractivity contribution in [3.05, 3.63) is 53.4 Å². The van der Waals surface area contributed by atoms with E-state index >= 15 is 0 Å². The van der Waals surface area contributed by atoms with E-state index in [1.165, 1.54) is 15.0 Å². The predicted octanol–water partition coefficient (Wildman–Crippen LogP) is 4.30. The second kappa shape index (κ2) is 4.63. The first-order valence-electron chi connectivity index (χ1n) is 5.44. The molecule has 0 radical (unpaired) electrons. The van der Waals surface area contributed by atoms with Crippen molar-refractivity contribution in [2.45, 2.75) is 11.2 Å². The summed E-state index contributed by atoms with van der Waals surface area (Å²) in [4.78, 5) is 9.06. The van der Waals surface area contributed by atoms with E-state index in [9.17, 15) is 0 Å². The quantitative estimate of drug-likeness (QED) is 0.718. The Hall–Kier alpha value is -1.13. The lowest BCUT2D eigenvalue weighted by atomic mass is 10.2. The van der Waals surface area contributed by atoms with Crippen LogP contribution in [0.5, 0.6) is 0 Å². The lowest BCUT2D eigenvalue weighted by molar-refractivity contribution is 0.889. The number of alkyl halides is 1. The summed E-state index contributed by atoms with van der Waals surface area (Å²) in [6.45, 7) is 0. The van der Waals surface area contributed by atoms with Gasteiger partial charge in [-0.1, -0.05) is 34.1 Å². The fraction of sp³-hybridized carbons (Fsp3) is 0.154. The zero-order valence-electron chi connectivity index (χ0n) is 9.06. The van der Waals surface area contributed by atoms with E-state index in [0.29, 0.717) is 4.83 Å². The number of thiophene rings is 1. The van der Waals surface area contributed by atoms with Crippen molar-refractivity contribution in [1.82, 2.24) is 9.97 Å². The third kappa shape index (κ3) is 2.28. The summed E-state index contributed by atoms with van der Waals surface area (Å²) in [5, 5.41) is 1.32. The summed E-state index contributed by atoms with van der Waals surface area (Å²) in [5.41, 5.74) is 0. The zero-order valence-corrected chi connectivity index (χ0v) is 11.5. The predicted molar refractivity (Wildman–Crippen MR) is 75.8 cm³/mol. The summed E-state index contributed by atoms with van der Waals surface area (Å²) in [5.74, 6) is 1.02. The maximum Gasteiger partial charge on any atom is 0.107 e. The maximum absolute atomic E-state index is 4.25. The van der Waals surface area contributed by atoms with Crippen LogP contribution in [0.4, 0.5) is 0 Å². The minimum atomic E-state index is 0.325. The fourth-order valence-electron chi connectivity index (χ4n) is 1.84. The van der Waals surface area contributed by atoms with Gasteiger partial charge in [0.25, 0.3) is 0 Å². The summed E-state index contributed by atoms with van der Waals surface area (Å²) in [6, 6.07) is 10.7. The minimum Gasteiger partial charge on any atom is -0.349 e. The van der Waals surface area contributed by atoms with Crippen molar-refractivity contribution in [1.29, 1.82) is 0 Å². The number of halogens is 1. The number of imidazole rings is 1. The van der Waals surface area contributed by atoms with Gasteiger partial charge < -0.3 is 4.98 Å². The van der Waals surface area contributed by atoms with Crippen molar-refractivity contribution in [3.63, 3.8) is 0 Å². The summed E-state index contributed by atoms with van der Waals surface area (Å²) >= 11 is 5.57. The van der Waals surface area contributed by atoms with Crippen molar-refractivity contribution < 1.29 is 0 Å². The number of aromatic nitrogens is 2. The average Bonchev–Trinajstić information content (AvgIpc) is 2.96. The second-order valence-electron chi connectivity index (χ2n) is 3.89. The molecule has 4 heteroatoms. The zero-order chi connectivity index (χ0) is 11.7. The maximum atomic E-state index is 4.25. The van der Waals surface area contributed by atoms with Gasteiger partial charge in [-0.05, 0) is 17.5 Å². The lowest BCUT2D eigenvalue weighted by Gasteiger charge is -2.04. The molecule has 17 heavy (non-hydrogen) atoms. The molecule has 86 valence electrons. The van der Waals surface area contributed by atoms with Crippen molar-refractivity contribution >= 4 is 37.4 Å². The molecule has 3 rings (SSSR count). The molecule has 2 aromatic heterocycles. The Morgan fingerprint density at radius 1 is 1.35 bits per heavy atom. The van der Waals surface area contributed by atoms with Crippen molar-refractivity contribution in [3.8, 4) is 0 Å². The molecule has 2 nitrogen and oxygen atoms in total. The highest BCUT2D eigenvalue weighted by molar-refractivity contribution is 9.09. The topological polar surface area (TPSA) is 28.7 Å². The van der Waals surface area contributed by atoms with E-state index in [2.05, 4.69) is 56.2 Å². The molecule has 1 N–H and O–H groups in total. The third-order valence-electron chi connectivity index (χ3n) is 2.68. The smallest absolute Gasteiger partial charge is 0.107 e. The monoisotopic (exact) mass is 306 g/mol. The Bertz CT molecular complexity index is 582. The standard InChI is InChI=1S/C13H11BrN2S/c14-10(8-13-15-5-6-16-13)12-7-9-3-1-2-4-11(9)17-12/h1-7,10H,8H2,(H,15,16). The van der Waals surface area contributed by atoms with Gasteiger partial charge >= 0.3 is 0 Å². The van der Waals surface area contributed by atoms with Crippen LogP contribution in [-0.2, 0) is 6.42 Å². The molecular weight excluding hydrogens is 296 g/mol. The van der Waals surface area contributed by atoms with Crippen LogP contribution in [0.15, 0.2) is 42.7 Å². The van der Waals surface area contributed by atoms with Gasteiger partial charge in [0.05, 0.1) is 4.83 Å². The number of benzene rings is 1. The molecule has 1 atom stereocenters. The Morgan fingerprint density at radius 2 is 2.24 bits per heavy atom. The van der Waals surface area contributed by atoms with Gasteiger partial charge in [-0.15, -0.1) is 11.3 Å². The summed E-state index contributed by atoms with van der Waals surface area (Å²) < 4.78 is 1.34. The average molecular weight is 307 g/mol. The van der Waals surface area contributed by atoms with Crippen LogP contribution in [0.3, 0.4) is 0 Å². The molecule has 0 saturated heterocycles. The molecule has 0 bridgehead atoms. The Kier molecular flexibility index (Phi) is 2.99. The van der Waals surface area contributed by atoms with Gasteiger partial charge in [-0.25, -0.2) is 4.98 Å². The minimum absolute atomic E-state index is 0.325. The van der Waals surface area contributed by atoms with E-state index in [1.807, 2.05) is 17.5 Å². The van der Waals surface area contributed by atoms with Crippen LogP contribution >= 0.6 is 27.3 Å². The number of nitrogens with one attached hydrogen (secondary N) is 1. The van der Waals surface area contributed by atoms with Crippen LogP contribution in [-0.4, -0.2) is 9.97 Å². The second-order valence-corrected chi connectivity index (χ2v) is 6.11. The molecule has 0 fully saturated rings. The van der Waals surface area contributed by atoms with E-state index in [0.717, 1.165) is 12.2 Å². The van der Waals surface area contributed by atoms with Crippen LogP contribution in [0.1, 0.15) is 15.5 Å². The number of hydrogen-bond donors (Lipinski definition) is 1. The van der Waals surface area contributed by atoms with E-state index < -0.39 is 0 Å². The molecule has 3 aromatic rings. The first-order valence-corrected chi connectivity index (χ1v) is 7.17. The van der Waals surface area contributed by atoms with Gasteiger partial charge in [0.1, 0.15) is 5.82 Å². The highest BCUT2D eigenvalue weighted by Gasteiger charge is 2.12. The molecule has 0 amide bonds. The molecule has 0 saturated carbocycles. The molecule has 0 spiro atoms. The van der Waals surface area contributed by atoms with Gasteiger partial charge in [0.15, 0.2) is 0 Å². The highest BCUT2D eigenvalue weighted by Crippen LogP contribution is 2.35. The van der Waals surface area contributed by atoms with Crippen LogP contribution in [0.2, 0.25) is 0 Å². The van der Waals surface area contributed by atoms with Gasteiger partial charge in [-0.2, -0.15) is 0 Å². The van der Waals surface area contributed by atoms with Crippen molar-refractivity contribution in [2.75, 3.05) is 0 Å². The number of hydrogen-bond acceptors (Lipinski definition) is 2. The van der Waals surface area contributed by atoms with E-state index in [-0.39, 0.29) is 0 Å². The SMILES string of the molecule is BrC(Cc1ncc[nH]1)c1cc2ccccc2s1. The molecule has 0 aliphatic rings. The number of aromatic amines is 1. The summed E-state index contributed by atoms with van der Waals surface area (Å²) in [7, 11) is 0. The fourth-order valence-corrected chi connectivity index (χ4v) is 3.60. The first kappa shape index (κ1) is 11.0. The van der Waals surface area contributed by atoms with Crippen LogP contribution < -0.4 is 0 Å². The van der Waals surface area contributed by atoms with E-state index in [4.69, 9.17) is 0 Å². The molecule has 1 aromatic carbocycles. The first-order chi connectivity index (χ1) is 8.33. The largest absolute Gasteiger partial charge is 0.349 e. The molecular formula is C13H11BrN2S. The highest BCUT2D eigenvalue weighted by atomic mass is 79.9. The molecule has 0 aliphatic heterocycles. The van der Waals surface area contributed by atoms with Gasteiger partial charge in [0.2, 0.25) is 0 Å². The number of nitrogens with zero attached hydrogens (tertiary/aromatic N) is 1. The Morgan fingerprint density at radius 3 is 3.00 bits per heavy atom. The van der Waals surface area contributed by atoms with Gasteiger partial charge in [0, 0.05) is 28.4 Å². The van der Waals surface area contributed by atoms with Crippen molar-refractivity contribution in [2.24, 2.45) is 0 Å². The third-order valence-corrected chi connectivity index (χ3v) is 5.03. The number of fused-ring (bicyclic) bond motifs is 1. The molecule has 1 unspecified atom stereocenters. The normalized spacial score (nSPS) is 13.0. The number of H-pyrrole nitrogens is 1. The molecule has 0 aliphatic carbocycles. The summed E-state index contributed by atoms with van der Waals surface area (Å²) in [6.07, 6.45) is 4.54.